The van der Waals surface area contributed by atoms with Crippen molar-refractivity contribution in [3.63, 3.8) is 0 Å². The summed E-state index contributed by atoms with van der Waals surface area (Å²) in [6.07, 6.45) is 0.342. The molecule has 0 saturated heterocycles. The van der Waals surface area contributed by atoms with Gasteiger partial charge in [-0.25, -0.2) is 0 Å². The van der Waals surface area contributed by atoms with Gasteiger partial charge in [-0.1, -0.05) is 24.3 Å². The highest BCUT2D eigenvalue weighted by Crippen LogP contribution is 2.31. The van der Waals surface area contributed by atoms with Gasteiger partial charge in [-0.15, -0.1) is 0 Å². The van der Waals surface area contributed by atoms with Gasteiger partial charge in [0.05, 0.1) is 17.8 Å². The van der Waals surface area contributed by atoms with Crippen LogP contribution in [0.1, 0.15) is 38.8 Å². The van der Waals surface area contributed by atoms with Crippen molar-refractivity contribution in [2.24, 2.45) is 0 Å². The molecule has 0 fully saturated rings. The average molecular weight is 382 g/mol. The number of hydrogen-bond acceptors (Lipinski definition) is 4. The molecule has 1 unspecified atom stereocenters. The lowest BCUT2D eigenvalue weighted by Crippen LogP contribution is -2.41. The van der Waals surface area contributed by atoms with Crippen LogP contribution in [0.3, 0.4) is 0 Å². The fraction of sp³-hybridized carbons (Fsp3) is 0.364. The van der Waals surface area contributed by atoms with Crippen LogP contribution in [-0.2, 0) is 9.59 Å². The van der Waals surface area contributed by atoms with Crippen LogP contribution in [0.4, 0.5) is 5.69 Å². The van der Waals surface area contributed by atoms with E-state index in [9.17, 15) is 9.59 Å². The number of carbonyl (C=O) groups is 2. The van der Waals surface area contributed by atoms with Gasteiger partial charge in [0.15, 0.2) is 6.61 Å². The number of nitrogens with zero attached hydrogens (tertiary/aromatic N) is 1. The molecule has 1 N–H and O–H groups in total. The van der Waals surface area contributed by atoms with Crippen LogP contribution in [-0.4, -0.2) is 31.1 Å². The molecule has 0 saturated carbocycles. The van der Waals surface area contributed by atoms with Gasteiger partial charge in [0.2, 0.25) is 5.91 Å². The Morgan fingerprint density at radius 3 is 2.57 bits per heavy atom. The first-order valence-corrected chi connectivity index (χ1v) is 9.52. The minimum atomic E-state index is -0.139. The molecule has 0 radical (unpaired) electrons. The molecule has 1 atom stereocenters. The second-order valence-corrected chi connectivity index (χ2v) is 7.08. The zero-order valence-corrected chi connectivity index (χ0v) is 16.5. The Morgan fingerprint density at radius 1 is 1.14 bits per heavy atom. The molecular formula is C22H26N2O4. The maximum atomic E-state index is 12.4. The summed E-state index contributed by atoms with van der Waals surface area (Å²) in [6.45, 7) is 6.22. The lowest BCUT2D eigenvalue weighted by Gasteiger charge is -2.29. The summed E-state index contributed by atoms with van der Waals surface area (Å²) in [7, 11) is 0. The fourth-order valence-electron chi connectivity index (χ4n) is 3.12. The van der Waals surface area contributed by atoms with E-state index in [-0.39, 0.29) is 37.0 Å². The van der Waals surface area contributed by atoms with Gasteiger partial charge in [0, 0.05) is 13.0 Å². The van der Waals surface area contributed by atoms with Crippen molar-refractivity contribution < 1.29 is 19.1 Å². The van der Waals surface area contributed by atoms with Gasteiger partial charge < -0.3 is 19.7 Å². The molecule has 0 aromatic heterocycles. The van der Waals surface area contributed by atoms with Crippen molar-refractivity contribution >= 4 is 17.5 Å². The Kier molecular flexibility index (Phi) is 6.19. The first-order valence-electron chi connectivity index (χ1n) is 9.52. The predicted octanol–water partition coefficient (Wildman–Crippen LogP) is 3.47. The van der Waals surface area contributed by atoms with Crippen LogP contribution in [0.15, 0.2) is 48.5 Å². The molecule has 1 heterocycles. The summed E-state index contributed by atoms with van der Waals surface area (Å²) in [5.74, 6) is 1.23. The lowest BCUT2D eigenvalue weighted by atomic mass is 10.1. The van der Waals surface area contributed by atoms with Crippen molar-refractivity contribution in [3.05, 3.63) is 54.1 Å². The van der Waals surface area contributed by atoms with Gasteiger partial charge >= 0.3 is 0 Å². The Hall–Kier alpha value is -3.02. The lowest BCUT2D eigenvalue weighted by molar-refractivity contribution is -0.122. The summed E-state index contributed by atoms with van der Waals surface area (Å²) < 4.78 is 11.1. The molecule has 28 heavy (non-hydrogen) atoms. The molecule has 0 spiro atoms. The summed E-state index contributed by atoms with van der Waals surface area (Å²) in [5.41, 5.74) is 1.71. The molecule has 2 aromatic rings. The number of fused-ring (bicyclic) bond motifs is 1. The van der Waals surface area contributed by atoms with Crippen LogP contribution in [0.2, 0.25) is 0 Å². The molecule has 1 aliphatic heterocycles. The third-order valence-electron chi connectivity index (χ3n) is 4.50. The number of hydrogen-bond donors (Lipinski definition) is 1. The molecule has 6 nitrogen and oxygen atoms in total. The van der Waals surface area contributed by atoms with E-state index in [1.807, 2.05) is 69.3 Å². The highest BCUT2D eigenvalue weighted by atomic mass is 16.5. The van der Waals surface area contributed by atoms with Crippen molar-refractivity contribution in [3.8, 4) is 11.5 Å². The van der Waals surface area contributed by atoms with E-state index >= 15 is 0 Å². The quantitative estimate of drug-likeness (QED) is 0.796. The molecule has 148 valence electrons. The molecular weight excluding hydrogens is 356 g/mol. The molecule has 2 aromatic carbocycles. The maximum Gasteiger partial charge on any atom is 0.265 e. The largest absolute Gasteiger partial charge is 0.491 e. The zero-order valence-electron chi connectivity index (χ0n) is 16.5. The van der Waals surface area contributed by atoms with Crippen molar-refractivity contribution in [1.29, 1.82) is 0 Å². The summed E-state index contributed by atoms with van der Waals surface area (Å²) in [6, 6.07) is 14.9. The predicted molar refractivity (Wildman–Crippen MR) is 108 cm³/mol. The van der Waals surface area contributed by atoms with E-state index in [4.69, 9.17) is 9.47 Å². The average Bonchev–Trinajstić information content (AvgIpc) is 2.67. The van der Waals surface area contributed by atoms with E-state index in [0.717, 1.165) is 11.3 Å². The van der Waals surface area contributed by atoms with Gasteiger partial charge in [0.25, 0.3) is 5.91 Å². The molecule has 6 heteroatoms. The van der Waals surface area contributed by atoms with Crippen LogP contribution >= 0.6 is 0 Å². The van der Waals surface area contributed by atoms with Crippen molar-refractivity contribution in [2.75, 3.05) is 18.1 Å². The van der Waals surface area contributed by atoms with Crippen molar-refractivity contribution in [2.45, 2.75) is 39.3 Å². The SMILES string of the molecule is CC(C)Oc1ccc(C(C)NC(=O)CCN2C(=O)COc3ccccc32)cc1. The van der Waals surface area contributed by atoms with Gasteiger partial charge in [0.1, 0.15) is 11.5 Å². The number of benzene rings is 2. The van der Waals surface area contributed by atoms with Crippen molar-refractivity contribution in [1.82, 2.24) is 5.32 Å². The Morgan fingerprint density at radius 2 is 1.86 bits per heavy atom. The van der Waals surface area contributed by atoms with E-state index in [0.29, 0.717) is 18.0 Å². The normalized spacial score (nSPS) is 14.3. The number of ether oxygens (including phenoxy) is 2. The van der Waals surface area contributed by atoms with Gasteiger partial charge in [-0.2, -0.15) is 0 Å². The highest BCUT2D eigenvalue weighted by Gasteiger charge is 2.25. The topological polar surface area (TPSA) is 67.9 Å². The van der Waals surface area contributed by atoms with E-state index < -0.39 is 0 Å². The number of carbonyl (C=O) groups excluding carboxylic acids is 2. The maximum absolute atomic E-state index is 12.4. The molecule has 1 aliphatic rings. The third kappa shape index (κ3) is 4.82. The number of rotatable bonds is 7. The summed E-state index contributed by atoms with van der Waals surface area (Å²) in [5, 5.41) is 2.99. The van der Waals surface area contributed by atoms with Gasteiger partial charge in [-0.05, 0) is 50.6 Å². The first-order chi connectivity index (χ1) is 13.4. The fourth-order valence-corrected chi connectivity index (χ4v) is 3.12. The third-order valence-corrected chi connectivity index (χ3v) is 4.50. The highest BCUT2D eigenvalue weighted by molar-refractivity contribution is 5.98. The minimum Gasteiger partial charge on any atom is -0.491 e. The molecule has 3 rings (SSSR count). The molecule has 0 aliphatic carbocycles. The van der Waals surface area contributed by atoms with Gasteiger partial charge in [-0.3, -0.25) is 9.59 Å². The number of amides is 2. The monoisotopic (exact) mass is 382 g/mol. The number of anilines is 1. The van der Waals surface area contributed by atoms with E-state index in [1.165, 1.54) is 0 Å². The summed E-state index contributed by atoms with van der Waals surface area (Å²) >= 11 is 0. The summed E-state index contributed by atoms with van der Waals surface area (Å²) in [4.78, 5) is 26.2. The smallest absolute Gasteiger partial charge is 0.265 e. The Bertz CT molecular complexity index is 833. The Balaban J connectivity index is 1.55. The van der Waals surface area contributed by atoms with Crippen LogP contribution in [0.25, 0.3) is 0 Å². The Labute approximate surface area is 165 Å². The minimum absolute atomic E-state index is 0.000167. The number of nitrogens with one attached hydrogen (secondary N) is 1. The standard InChI is InChI=1S/C22H26N2O4/c1-15(2)28-18-10-8-17(9-11-18)16(3)23-21(25)12-13-24-19-6-4-5-7-20(19)27-14-22(24)26/h4-11,15-16H,12-14H2,1-3H3,(H,23,25). The molecule has 2 amide bonds. The van der Waals surface area contributed by atoms with E-state index in [2.05, 4.69) is 5.32 Å². The second kappa shape index (κ2) is 8.78. The molecule has 0 bridgehead atoms. The second-order valence-electron chi connectivity index (χ2n) is 7.08. The van der Waals surface area contributed by atoms with E-state index in [1.54, 1.807) is 4.90 Å². The van der Waals surface area contributed by atoms with Crippen LogP contribution in [0, 0.1) is 0 Å². The van der Waals surface area contributed by atoms with Crippen LogP contribution < -0.4 is 19.7 Å². The van der Waals surface area contributed by atoms with Crippen LogP contribution in [0.5, 0.6) is 11.5 Å². The zero-order chi connectivity index (χ0) is 20.1. The first kappa shape index (κ1) is 19.7. The number of para-hydroxylation sites is 2.